The number of likely N-dealkylation sites (N-methyl/N-ethyl adjacent to an activating group) is 1. The van der Waals surface area contributed by atoms with Gasteiger partial charge in [0.15, 0.2) is 5.69 Å². The average Bonchev–Trinajstić information content (AvgIpc) is 3.24. The van der Waals surface area contributed by atoms with E-state index in [4.69, 9.17) is 0 Å². The van der Waals surface area contributed by atoms with Gasteiger partial charge in [-0.2, -0.15) is 5.10 Å². The normalized spacial score (nSPS) is 16.5. The molecule has 1 fully saturated rings. The molecule has 134 valence electrons. The van der Waals surface area contributed by atoms with Crippen LogP contribution in [0.2, 0.25) is 0 Å². The van der Waals surface area contributed by atoms with Gasteiger partial charge in [-0.3, -0.25) is 14.9 Å². The van der Waals surface area contributed by atoms with Crippen LogP contribution in [-0.2, 0) is 0 Å². The van der Waals surface area contributed by atoms with Gasteiger partial charge in [-0.1, -0.05) is 6.07 Å². The summed E-state index contributed by atoms with van der Waals surface area (Å²) in [6.45, 7) is 1.49. The van der Waals surface area contributed by atoms with E-state index in [0.717, 1.165) is 25.9 Å². The number of likely N-dealkylation sites (tertiary alicyclic amines) is 1. The van der Waals surface area contributed by atoms with Gasteiger partial charge in [-0.05, 0) is 32.0 Å². The first kappa shape index (κ1) is 18.9. The Labute approximate surface area is 151 Å². The standard InChI is InChI=1S/C16H19N5O3.ClH/c1-17-11-14-6-3-8-19(14)16(22)15-7-9-20(18-15)12-4-2-5-13(10-12)21(23)24;/h2,4-5,7,9-10,14,17H,3,6,8,11H2,1H3;1H. The second-order valence-electron chi connectivity index (χ2n) is 5.77. The molecule has 2 heterocycles. The number of carbonyl (C=O) groups is 1. The fraction of sp³-hybridized carbons (Fsp3) is 0.375. The summed E-state index contributed by atoms with van der Waals surface area (Å²) in [5.41, 5.74) is 0.894. The molecule has 1 aliphatic rings. The molecule has 1 atom stereocenters. The van der Waals surface area contributed by atoms with Crippen molar-refractivity contribution in [2.75, 3.05) is 20.1 Å². The molecule has 0 saturated carbocycles. The highest BCUT2D eigenvalue weighted by molar-refractivity contribution is 5.92. The van der Waals surface area contributed by atoms with Gasteiger partial charge in [-0.25, -0.2) is 4.68 Å². The molecule has 1 aromatic carbocycles. The SMILES string of the molecule is CNCC1CCCN1C(=O)c1ccn(-c2cccc([N+](=O)[O-])c2)n1.Cl. The molecule has 1 unspecified atom stereocenters. The van der Waals surface area contributed by atoms with E-state index in [9.17, 15) is 14.9 Å². The molecule has 8 nitrogen and oxygen atoms in total. The van der Waals surface area contributed by atoms with E-state index in [1.165, 1.54) is 16.8 Å². The molecule has 1 saturated heterocycles. The van der Waals surface area contributed by atoms with Crippen molar-refractivity contribution in [3.8, 4) is 5.69 Å². The van der Waals surface area contributed by atoms with Crippen molar-refractivity contribution < 1.29 is 9.72 Å². The number of nitro benzene ring substituents is 1. The van der Waals surface area contributed by atoms with Crippen LogP contribution in [0, 0.1) is 10.1 Å². The maximum atomic E-state index is 12.7. The van der Waals surface area contributed by atoms with Crippen LogP contribution in [0.15, 0.2) is 36.5 Å². The van der Waals surface area contributed by atoms with E-state index in [-0.39, 0.29) is 30.0 Å². The molecule has 9 heteroatoms. The predicted molar refractivity (Wildman–Crippen MR) is 95.5 cm³/mol. The Morgan fingerprint density at radius 2 is 2.24 bits per heavy atom. The van der Waals surface area contributed by atoms with Crippen molar-refractivity contribution in [1.82, 2.24) is 20.0 Å². The molecule has 0 bridgehead atoms. The minimum atomic E-state index is -0.453. The van der Waals surface area contributed by atoms with Gasteiger partial charge in [0, 0.05) is 37.5 Å². The smallest absolute Gasteiger partial charge is 0.274 e. The maximum absolute atomic E-state index is 12.7. The zero-order valence-electron chi connectivity index (χ0n) is 13.8. The van der Waals surface area contributed by atoms with Crippen LogP contribution in [0.1, 0.15) is 23.3 Å². The Hall–Kier alpha value is -2.45. The average molecular weight is 366 g/mol. The highest BCUT2D eigenvalue weighted by Crippen LogP contribution is 2.20. The first-order valence-corrected chi connectivity index (χ1v) is 7.86. The van der Waals surface area contributed by atoms with Crippen LogP contribution in [0.4, 0.5) is 5.69 Å². The number of non-ortho nitro benzene ring substituents is 1. The number of nitrogens with zero attached hydrogens (tertiary/aromatic N) is 4. The molecule has 1 N–H and O–H groups in total. The van der Waals surface area contributed by atoms with Crippen LogP contribution in [-0.4, -0.2) is 51.7 Å². The monoisotopic (exact) mass is 365 g/mol. The van der Waals surface area contributed by atoms with Crippen molar-refractivity contribution >= 4 is 24.0 Å². The number of rotatable bonds is 5. The molecule has 1 amide bonds. The number of aromatic nitrogens is 2. The summed E-state index contributed by atoms with van der Waals surface area (Å²) >= 11 is 0. The van der Waals surface area contributed by atoms with Gasteiger partial charge in [-0.15, -0.1) is 12.4 Å². The number of hydrogen-bond donors (Lipinski definition) is 1. The molecule has 0 aliphatic carbocycles. The predicted octanol–water partition coefficient (Wildman–Crippen LogP) is 2.03. The highest BCUT2D eigenvalue weighted by atomic mass is 35.5. The molecule has 2 aromatic rings. The third-order valence-corrected chi connectivity index (χ3v) is 4.19. The van der Waals surface area contributed by atoms with Crippen molar-refractivity contribution in [3.63, 3.8) is 0 Å². The first-order chi connectivity index (χ1) is 11.6. The molecule has 0 spiro atoms. The molecule has 1 aliphatic heterocycles. The van der Waals surface area contributed by atoms with E-state index < -0.39 is 4.92 Å². The number of carbonyl (C=O) groups excluding carboxylic acids is 1. The summed E-state index contributed by atoms with van der Waals surface area (Å²) in [6.07, 6.45) is 3.62. The molecule has 3 rings (SSSR count). The first-order valence-electron chi connectivity index (χ1n) is 7.86. The summed E-state index contributed by atoms with van der Waals surface area (Å²) in [4.78, 5) is 24.9. The van der Waals surface area contributed by atoms with Crippen LogP contribution in [0.3, 0.4) is 0 Å². The van der Waals surface area contributed by atoms with Crippen LogP contribution in [0.25, 0.3) is 5.69 Å². The van der Waals surface area contributed by atoms with E-state index >= 15 is 0 Å². The Morgan fingerprint density at radius 3 is 2.96 bits per heavy atom. The van der Waals surface area contributed by atoms with Gasteiger partial charge in [0.1, 0.15) is 0 Å². The zero-order chi connectivity index (χ0) is 17.1. The maximum Gasteiger partial charge on any atom is 0.274 e. The van der Waals surface area contributed by atoms with E-state index in [2.05, 4.69) is 10.4 Å². The van der Waals surface area contributed by atoms with E-state index in [1.807, 2.05) is 11.9 Å². The third kappa shape index (κ3) is 3.97. The number of halogens is 1. The second kappa shape index (κ2) is 8.09. The quantitative estimate of drug-likeness (QED) is 0.646. The van der Waals surface area contributed by atoms with Crippen LogP contribution >= 0.6 is 12.4 Å². The largest absolute Gasteiger partial charge is 0.333 e. The topological polar surface area (TPSA) is 93.3 Å². The summed E-state index contributed by atoms with van der Waals surface area (Å²) < 4.78 is 1.49. The van der Waals surface area contributed by atoms with Crippen molar-refractivity contribution in [1.29, 1.82) is 0 Å². The lowest BCUT2D eigenvalue weighted by atomic mass is 10.2. The van der Waals surface area contributed by atoms with Crippen LogP contribution < -0.4 is 5.32 Å². The molecule has 0 radical (unpaired) electrons. The molecular formula is C16H20ClN5O3. The van der Waals surface area contributed by atoms with Crippen molar-refractivity contribution in [2.45, 2.75) is 18.9 Å². The van der Waals surface area contributed by atoms with Gasteiger partial charge in [0.2, 0.25) is 0 Å². The second-order valence-corrected chi connectivity index (χ2v) is 5.77. The Balaban J connectivity index is 0.00000225. The summed E-state index contributed by atoms with van der Waals surface area (Å²) in [5.74, 6) is -0.100. The molecular weight excluding hydrogens is 346 g/mol. The minimum Gasteiger partial charge on any atom is -0.333 e. The summed E-state index contributed by atoms with van der Waals surface area (Å²) in [6, 6.07) is 8.00. The number of nitro groups is 1. The fourth-order valence-corrected chi connectivity index (χ4v) is 3.03. The summed E-state index contributed by atoms with van der Waals surface area (Å²) in [7, 11) is 1.87. The number of benzene rings is 1. The van der Waals surface area contributed by atoms with Crippen molar-refractivity contribution in [3.05, 3.63) is 52.3 Å². The summed E-state index contributed by atoms with van der Waals surface area (Å²) in [5, 5.41) is 18.3. The lowest BCUT2D eigenvalue weighted by molar-refractivity contribution is -0.384. The minimum absolute atomic E-state index is 0. The zero-order valence-corrected chi connectivity index (χ0v) is 14.6. The highest BCUT2D eigenvalue weighted by Gasteiger charge is 2.30. The van der Waals surface area contributed by atoms with Gasteiger partial charge in [0.25, 0.3) is 11.6 Å². The van der Waals surface area contributed by atoms with Crippen molar-refractivity contribution in [2.24, 2.45) is 0 Å². The number of hydrogen-bond acceptors (Lipinski definition) is 5. The van der Waals surface area contributed by atoms with E-state index in [1.54, 1.807) is 24.4 Å². The lowest BCUT2D eigenvalue weighted by Gasteiger charge is -2.23. The molecule has 25 heavy (non-hydrogen) atoms. The van der Waals surface area contributed by atoms with Gasteiger partial charge < -0.3 is 10.2 Å². The Kier molecular flexibility index (Phi) is 6.11. The van der Waals surface area contributed by atoms with Crippen LogP contribution in [0.5, 0.6) is 0 Å². The van der Waals surface area contributed by atoms with Gasteiger partial charge >= 0.3 is 0 Å². The fourth-order valence-electron chi connectivity index (χ4n) is 3.03. The third-order valence-electron chi connectivity index (χ3n) is 4.19. The Morgan fingerprint density at radius 1 is 1.44 bits per heavy atom. The molecule has 1 aromatic heterocycles. The number of amides is 1. The van der Waals surface area contributed by atoms with E-state index in [0.29, 0.717) is 11.4 Å². The number of nitrogens with one attached hydrogen (secondary N) is 1. The van der Waals surface area contributed by atoms with Gasteiger partial charge in [0.05, 0.1) is 10.6 Å². The lowest BCUT2D eigenvalue weighted by Crippen LogP contribution is -2.41. The Bertz CT molecular complexity index is 764.